The minimum Gasteiger partial charge on any atom is -0.497 e. The molecule has 0 radical (unpaired) electrons. The smallest absolute Gasteiger partial charge is 0.261 e. The number of benzene rings is 3. The van der Waals surface area contributed by atoms with E-state index in [-0.39, 0.29) is 16.9 Å². The Bertz CT molecular complexity index is 1720. The molecule has 10 heteroatoms. The molecule has 1 saturated heterocycles. The Labute approximate surface area is 224 Å². The number of aromatic nitrogens is 3. The van der Waals surface area contributed by atoms with E-state index >= 15 is 4.39 Å². The van der Waals surface area contributed by atoms with E-state index in [2.05, 4.69) is 43.2 Å². The Balaban J connectivity index is 1.30. The van der Waals surface area contributed by atoms with Crippen molar-refractivity contribution in [3.8, 4) is 17.1 Å². The molecule has 5 N–H and O–H groups in total. The number of imidazole rings is 1. The van der Waals surface area contributed by atoms with Crippen molar-refractivity contribution in [1.29, 1.82) is 0 Å². The standard InChI is InChI=1S/C29H30FN7O2/c1-36-9-11-37(12-10-36)18-5-8-22-25(13-18)34-28(33-22)26-27(31)20-14-21(30)24(15-23(20)35-29(26)38)32-16-17-3-6-19(39-2)7-4-17/h3-8,13-15,32H,9-12,16H2,1-2H3,(H,33,34)(H3,31,35,38). The molecule has 0 atom stereocenters. The van der Waals surface area contributed by atoms with E-state index < -0.39 is 11.4 Å². The molecular weight excluding hydrogens is 497 g/mol. The van der Waals surface area contributed by atoms with Crippen molar-refractivity contribution in [3.05, 3.63) is 76.3 Å². The quantitative estimate of drug-likeness (QED) is 0.262. The topological polar surface area (TPSA) is 115 Å². The number of hydrogen-bond donors (Lipinski definition) is 4. The lowest BCUT2D eigenvalue weighted by Crippen LogP contribution is -2.44. The van der Waals surface area contributed by atoms with Gasteiger partial charge in [-0.05, 0) is 55.1 Å². The fraction of sp³-hybridized carbons (Fsp3) is 0.241. The van der Waals surface area contributed by atoms with Crippen molar-refractivity contribution >= 4 is 39.0 Å². The van der Waals surface area contributed by atoms with E-state index in [1.54, 1.807) is 13.2 Å². The summed E-state index contributed by atoms with van der Waals surface area (Å²) in [6, 6.07) is 16.4. The lowest BCUT2D eigenvalue weighted by atomic mass is 10.1. The highest BCUT2D eigenvalue weighted by molar-refractivity contribution is 5.99. The summed E-state index contributed by atoms with van der Waals surface area (Å²) >= 11 is 0. The number of rotatable bonds is 6. The average Bonchev–Trinajstić information content (AvgIpc) is 3.36. The molecule has 1 aliphatic heterocycles. The fourth-order valence-corrected chi connectivity index (χ4v) is 5.03. The fourth-order valence-electron chi connectivity index (χ4n) is 5.03. The predicted octanol–water partition coefficient (Wildman–Crippen LogP) is 4.17. The highest BCUT2D eigenvalue weighted by atomic mass is 19.1. The average molecular weight is 528 g/mol. The van der Waals surface area contributed by atoms with Gasteiger partial charge < -0.3 is 35.6 Å². The molecule has 1 fully saturated rings. The summed E-state index contributed by atoms with van der Waals surface area (Å²) in [6.07, 6.45) is 0. The molecule has 0 spiro atoms. The van der Waals surface area contributed by atoms with Crippen LogP contribution in [0.1, 0.15) is 5.56 Å². The highest BCUT2D eigenvalue weighted by Gasteiger charge is 2.19. The normalized spacial score (nSPS) is 14.3. The Morgan fingerprint density at radius 2 is 1.79 bits per heavy atom. The van der Waals surface area contributed by atoms with E-state index in [9.17, 15) is 4.79 Å². The second kappa shape index (κ2) is 9.95. The number of H-pyrrole nitrogens is 2. The molecule has 5 aromatic rings. The third-order valence-corrected chi connectivity index (χ3v) is 7.36. The Hall–Kier alpha value is -4.57. The number of fused-ring (bicyclic) bond motifs is 2. The molecule has 1 aliphatic rings. The SMILES string of the molecule is COc1ccc(CNc2cc3[nH]c(=O)c(-c4nc5cc(N6CCN(C)CC6)ccc5[nH]4)c(N)c3cc2F)cc1. The maximum Gasteiger partial charge on any atom is 0.261 e. The number of pyridine rings is 1. The number of likely N-dealkylation sites (N-methyl/N-ethyl adjacent to an activating group) is 1. The van der Waals surface area contributed by atoms with Gasteiger partial charge in [-0.2, -0.15) is 0 Å². The summed E-state index contributed by atoms with van der Waals surface area (Å²) in [6.45, 7) is 4.29. The van der Waals surface area contributed by atoms with Crippen LogP contribution >= 0.6 is 0 Å². The largest absolute Gasteiger partial charge is 0.497 e. The zero-order chi connectivity index (χ0) is 27.1. The lowest BCUT2D eigenvalue weighted by Gasteiger charge is -2.34. The summed E-state index contributed by atoms with van der Waals surface area (Å²) in [5, 5.41) is 3.51. The van der Waals surface area contributed by atoms with E-state index in [0.29, 0.717) is 23.3 Å². The number of piperazine rings is 1. The molecule has 39 heavy (non-hydrogen) atoms. The zero-order valence-corrected chi connectivity index (χ0v) is 21.8. The number of aromatic amines is 2. The lowest BCUT2D eigenvalue weighted by molar-refractivity contribution is 0.313. The maximum atomic E-state index is 15.1. The first-order valence-electron chi connectivity index (χ1n) is 12.8. The van der Waals surface area contributed by atoms with E-state index in [4.69, 9.17) is 10.5 Å². The number of anilines is 3. The number of ether oxygens (including phenoxy) is 1. The second-order valence-electron chi connectivity index (χ2n) is 9.90. The Kier molecular flexibility index (Phi) is 6.32. The van der Waals surface area contributed by atoms with Gasteiger partial charge in [0.05, 0.1) is 35.0 Å². The number of nitrogen functional groups attached to an aromatic ring is 1. The van der Waals surface area contributed by atoms with Crippen LogP contribution in [0.5, 0.6) is 5.75 Å². The minimum absolute atomic E-state index is 0.174. The van der Waals surface area contributed by atoms with Gasteiger partial charge in [0, 0.05) is 43.8 Å². The van der Waals surface area contributed by atoms with Crippen molar-refractivity contribution in [2.45, 2.75) is 6.54 Å². The van der Waals surface area contributed by atoms with Crippen molar-refractivity contribution in [1.82, 2.24) is 19.9 Å². The van der Waals surface area contributed by atoms with Gasteiger partial charge in [0.2, 0.25) is 0 Å². The molecular formula is C29H30FN7O2. The third kappa shape index (κ3) is 4.74. The number of hydrogen-bond acceptors (Lipinski definition) is 7. The number of nitrogens with one attached hydrogen (secondary N) is 3. The molecule has 0 unspecified atom stereocenters. The summed E-state index contributed by atoms with van der Waals surface area (Å²) in [5.74, 6) is 0.629. The summed E-state index contributed by atoms with van der Waals surface area (Å²) < 4.78 is 20.3. The van der Waals surface area contributed by atoms with Crippen LogP contribution in [-0.4, -0.2) is 60.2 Å². The number of halogens is 1. The molecule has 3 aromatic carbocycles. The first-order chi connectivity index (χ1) is 18.9. The van der Waals surface area contributed by atoms with Crippen LogP contribution in [0, 0.1) is 5.82 Å². The van der Waals surface area contributed by atoms with E-state index in [1.807, 2.05) is 36.4 Å². The van der Waals surface area contributed by atoms with Crippen LogP contribution in [0.15, 0.2) is 59.4 Å². The molecule has 200 valence electrons. The number of nitrogens with zero attached hydrogens (tertiary/aromatic N) is 3. The zero-order valence-electron chi connectivity index (χ0n) is 21.8. The highest BCUT2D eigenvalue weighted by Crippen LogP contribution is 2.32. The van der Waals surface area contributed by atoms with Crippen LogP contribution < -0.4 is 26.2 Å². The molecule has 0 bridgehead atoms. The summed E-state index contributed by atoms with van der Waals surface area (Å²) in [4.78, 5) is 28.6. The van der Waals surface area contributed by atoms with Crippen LogP contribution in [0.3, 0.4) is 0 Å². The molecule has 6 rings (SSSR count). The molecule has 0 amide bonds. The van der Waals surface area contributed by atoms with Gasteiger partial charge in [-0.25, -0.2) is 9.37 Å². The van der Waals surface area contributed by atoms with Crippen LogP contribution in [0.25, 0.3) is 33.3 Å². The second-order valence-corrected chi connectivity index (χ2v) is 9.90. The Morgan fingerprint density at radius 3 is 2.54 bits per heavy atom. The van der Waals surface area contributed by atoms with Gasteiger partial charge in [0.15, 0.2) is 0 Å². The monoisotopic (exact) mass is 527 g/mol. The first-order valence-corrected chi connectivity index (χ1v) is 12.8. The van der Waals surface area contributed by atoms with E-state index in [0.717, 1.165) is 54.2 Å². The molecule has 0 aliphatic carbocycles. The third-order valence-electron chi connectivity index (χ3n) is 7.36. The van der Waals surface area contributed by atoms with Gasteiger partial charge in [0.1, 0.15) is 23.0 Å². The van der Waals surface area contributed by atoms with Gasteiger partial charge >= 0.3 is 0 Å². The van der Waals surface area contributed by atoms with Crippen molar-refractivity contribution in [2.75, 3.05) is 56.3 Å². The summed E-state index contributed by atoms with van der Waals surface area (Å²) in [7, 11) is 3.73. The first kappa shape index (κ1) is 24.7. The molecule has 3 heterocycles. The Morgan fingerprint density at radius 1 is 1.03 bits per heavy atom. The van der Waals surface area contributed by atoms with Gasteiger partial charge in [0.25, 0.3) is 5.56 Å². The maximum absolute atomic E-state index is 15.1. The molecule has 2 aromatic heterocycles. The van der Waals surface area contributed by atoms with Crippen molar-refractivity contribution in [2.24, 2.45) is 0 Å². The molecule has 0 saturated carbocycles. The summed E-state index contributed by atoms with van der Waals surface area (Å²) in [5.41, 5.74) is 10.7. The molecule has 9 nitrogen and oxygen atoms in total. The van der Waals surface area contributed by atoms with Gasteiger partial charge in [-0.3, -0.25) is 4.79 Å². The predicted molar refractivity (Wildman–Crippen MR) is 154 cm³/mol. The number of methoxy groups -OCH3 is 1. The van der Waals surface area contributed by atoms with Crippen molar-refractivity contribution < 1.29 is 9.13 Å². The van der Waals surface area contributed by atoms with Gasteiger partial charge in [-0.15, -0.1) is 0 Å². The minimum atomic E-state index is -0.470. The number of nitrogens with two attached hydrogens (primary N) is 1. The van der Waals surface area contributed by atoms with Crippen LogP contribution in [0.4, 0.5) is 21.5 Å². The van der Waals surface area contributed by atoms with Gasteiger partial charge in [-0.1, -0.05) is 12.1 Å². The van der Waals surface area contributed by atoms with E-state index in [1.165, 1.54) is 6.07 Å². The van der Waals surface area contributed by atoms with Crippen LogP contribution in [0.2, 0.25) is 0 Å². The van der Waals surface area contributed by atoms with Crippen molar-refractivity contribution in [3.63, 3.8) is 0 Å². The van der Waals surface area contributed by atoms with Crippen LogP contribution in [-0.2, 0) is 6.54 Å².